The SMILES string of the molecule is CNC(C)(CC1CC1)c1nccs1. The summed E-state index contributed by atoms with van der Waals surface area (Å²) in [6.07, 6.45) is 5.94. The highest BCUT2D eigenvalue weighted by Gasteiger charge is 2.35. The van der Waals surface area contributed by atoms with Crippen LogP contribution >= 0.6 is 11.3 Å². The number of rotatable bonds is 4. The summed E-state index contributed by atoms with van der Waals surface area (Å²) in [6, 6.07) is 0. The maximum atomic E-state index is 4.40. The number of aromatic nitrogens is 1. The molecule has 1 aliphatic carbocycles. The van der Waals surface area contributed by atoms with Crippen molar-refractivity contribution in [1.29, 1.82) is 0 Å². The van der Waals surface area contributed by atoms with Crippen molar-refractivity contribution in [3.8, 4) is 0 Å². The third-order valence-corrected chi connectivity index (χ3v) is 3.89. The van der Waals surface area contributed by atoms with E-state index in [0.29, 0.717) is 0 Å². The van der Waals surface area contributed by atoms with Crippen LogP contribution in [-0.2, 0) is 5.54 Å². The third kappa shape index (κ3) is 1.92. The van der Waals surface area contributed by atoms with Crippen molar-refractivity contribution in [2.75, 3.05) is 7.05 Å². The quantitative estimate of drug-likeness (QED) is 0.799. The fraction of sp³-hybridized carbons (Fsp3) is 0.700. The highest BCUT2D eigenvalue weighted by atomic mass is 32.1. The molecular weight excluding hydrogens is 180 g/mol. The van der Waals surface area contributed by atoms with E-state index in [-0.39, 0.29) is 5.54 Å². The second kappa shape index (κ2) is 3.39. The summed E-state index contributed by atoms with van der Waals surface area (Å²) in [5.74, 6) is 0.932. The van der Waals surface area contributed by atoms with Crippen molar-refractivity contribution in [3.05, 3.63) is 16.6 Å². The average molecular weight is 196 g/mol. The van der Waals surface area contributed by atoms with Crippen LogP contribution in [0, 0.1) is 5.92 Å². The Hall–Kier alpha value is -0.410. The number of nitrogens with one attached hydrogen (secondary N) is 1. The van der Waals surface area contributed by atoms with Gasteiger partial charge < -0.3 is 5.32 Å². The lowest BCUT2D eigenvalue weighted by atomic mass is 9.96. The van der Waals surface area contributed by atoms with Gasteiger partial charge in [0.25, 0.3) is 0 Å². The van der Waals surface area contributed by atoms with Gasteiger partial charge >= 0.3 is 0 Å². The van der Waals surface area contributed by atoms with Crippen LogP contribution in [0.2, 0.25) is 0 Å². The average Bonchev–Trinajstić information content (AvgIpc) is 2.77. The van der Waals surface area contributed by atoms with Gasteiger partial charge in [0.05, 0.1) is 5.54 Å². The summed E-state index contributed by atoms with van der Waals surface area (Å²) >= 11 is 1.75. The molecule has 72 valence electrons. The van der Waals surface area contributed by atoms with E-state index in [0.717, 1.165) is 5.92 Å². The summed E-state index contributed by atoms with van der Waals surface area (Å²) in [7, 11) is 2.03. The lowest BCUT2D eigenvalue weighted by Gasteiger charge is -2.26. The molecule has 1 N–H and O–H groups in total. The molecule has 3 heteroatoms. The molecule has 0 spiro atoms. The minimum absolute atomic E-state index is 0.106. The van der Waals surface area contributed by atoms with E-state index in [1.807, 2.05) is 13.2 Å². The Bertz CT molecular complexity index is 266. The van der Waals surface area contributed by atoms with Crippen molar-refractivity contribution in [1.82, 2.24) is 10.3 Å². The van der Waals surface area contributed by atoms with E-state index in [4.69, 9.17) is 0 Å². The Kier molecular flexibility index (Phi) is 2.39. The van der Waals surface area contributed by atoms with Crippen LogP contribution in [0.25, 0.3) is 0 Å². The maximum Gasteiger partial charge on any atom is 0.112 e. The number of hydrogen-bond donors (Lipinski definition) is 1. The molecule has 1 aliphatic rings. The van der Waals surface area contributed by atoms with Gasteiger partial charge in [0.1, 0.15) is 5.01 Å². The predicted molar refractivity (Wildman–Crippen MR) is 55.9 cm³/mol. The van der Waals surface area contributed by atoms with Gasteiger partial charge in [-0.05, 0) is 26.3 Å². The van der Waals surface area contributed by atoms with Gasteiger partial charge in [-0.15, -0.1) is 11.3 Å². The Balaban J connectivity index is 2.13. The van der Waals surface area contributed by atoms with E-state index in [2.05, 4.69) is 22.6 Å². The largest absolute Gasteiger partial charge is 0.309 e. The molecule has 1 heterocycles. The fourth-order valence-corrected chi connectivity index (χ4v) is 2.51. The first kappa shape index (κ1) is 9.16. The van der Waals surface area contributed by atoms with Gasteiger partial charge in [0, 0.05) is 11.6 Å². The molecule has 1 atom stereocenters. The van der Waals surface area contributed by atoms with Gasteiger partial charge in [0.15, 0.2) is 0 Å². The molecule has 1 fully saturated rings. The normalized spacial score (nSPS) is 21.4. The van der Waals surface area contributed by atoms with Crippen molar-refractivity contribution < 1.29 is 0 Å². The minimum Gasteiger partial charge on any atom is -0.309 e. The monoisotopic (exact) mass is 196 g/mol. The zero-order chi connectivity index (χ0) is 9.31. The van der Waals surface area contributed by atoms with E-state index >= 15 is 0 Å². The van der Waals surface area contributed by atoms with E-state index in [1.165, 1.54) is 24.3 Å². The van der Waals surface area contributed by atoms with Gasteiger partial charge in [0.2, 0.25) is 0 Å². The molecule has 1 saturated carbocycles. The maximum absolute atomic E-state index is 4.40. The first-order valence-corrected chi connectivity index (χ1v) is 5.71. The van der Waals surface area contributed by atoms with Crippen molar-refractivity contribution in [2.24, 2.45) is 5.92 Å². The summed E-state index contributed by atoms with van der Waals surface area (Å²) < 4.78 is 0. The van der Waals surface area contributed by atoms with Crippen molar-refractivity contribution >= 4 is 11.3 Å². The number of nitrogens with zero attached hydrogens (tertiary/aromatic N) is 1. The van der Waals surface area contributed by atoms with Crippen LogP contribution in [0.5, 0.6) is 0 Å². The second-order valence-electron chi connectivity index (χ2n) is 4.07. The van der Waals surface area contributed by atoms with Crippen LogP contribution < -0.4 is 5.32 Å². The van der Waals surface area contributed by atoms with Crippen LogP contribution in [0.4, 0.5) is 0 Å². The van der Waals surface area contributed by atoms with Crippen LogP contribution in [0.3, 0.4) is 0 Å². The number of thiazole rings is 1. The molecule has 0 radical (unpaired) electrons. The smallest absolute Gasteiger partial charge is 0.112 e. The molecule has 1 aromatic rings. The summed E-state index contributed by atoms with van der Waals surface area (Å²) in [5.41, 5.74) is 0.106. The van der Waals surface area contributed by atoms with Crippen LogP contribution in [0.15, 0.2) is 11.6 Å². The highest BCUT2D eigenvalue weighted by Crippen LogP contribution is 2.40. The molecule has 0 saturated heterocycles. The molecule has 13 heavy (non-hydrogen) atoms. The highest BCUT2D eigenvalue weighted by molar-refractivity contribution is 7.09. The van der Waals surface area contributed by atoms with Crippen LogP contribution in [-0.4, -0.2) is 12.0 Å². The van der Waals surface area contributed by atoms with Gasteiger partial charge in [-0.1, -0.05) is 12.8 Å². The molecule has 1 aromatic heterocycles. The first-order chi connectivity index (χ1) is 6.24. The van der Waals surface area contributed by atoms with Crippen LogP contribution in [0.1, 0.15) is 31.2 Å². The van der Waals surface area contributed by atoms with E-state index in [9.17, 15) is 0 Å². The number of hydrogen-bond acceptors (Lipinski definition) is 3. The summed E-state index contributed by atoms with van der Waals surface area (Å²) in [4.78, 5) is 4.40. The van der Waals surface area contributed by atoms with Gasteiger partial charge in [-0.2, -0.15) is 0 Å². The van der Waals surface area contributed by atoms with Crippen molar-refractivity contribution in [2.45, 2.75) is 31.7 Å². The molecule has 0 amide bonds. The predicted octanol–water partition coefficient (Wildman–Crippen LogP) is 2.38. The Morgan fingerprint density at radius 1 is 1.69 bits per heavy atom. The standard InChI is InChI=1S/C10H16N2S/c1-10(11-2,7-8-3-4-8)9-12-5-6-13-9/h5-6,8,11H,3-4,7H2,1-2H3. The topological polar surface area (TPSA) is 24.9 Å². The summed E-state index contributed by atoms with van der Waals surface area (Å²) in [5, 5.41) is 6.68. The van der Waals surface area contributed by atoms with Crippen molar-refractivity contribution in [3.63, 3.8) is 0 Å². The molecule has 2 nitrogen and oxygen atoms in total. The molecule has 1 unspecified atom stereocenters. The Labute approximate surface area is 83.4 Å². The lowest BCUT2D eigenvalue weighted by molar-refractivity contribution is 0.347. The molecule has 0 aliphatic heterocycles. The van der Waals surface area contributed by atoms with Gasteiger partial charge in [-0.25, -0.2) is 4.98 Å². The van der Waals surface area contributed by atoms with E-state index < -0.39 is 0 Å². The van der Waals surface area contributed by atoms with E-state index in [1.54, 1.807) is 11.3 Å². The summed E-state index contributed by atoms with van der Waals surface area (Å²) in [6.45, 7) is 2.25. The Morgan fingerprint density at radius 2 is 2.46 bits per heavy atom. The molecule has 0 bridgehead atoms. The second-order valence-corrected chi connectivity index (χ2v) is 4.96. The third-order valence-electron chi connectivity index (χ3n) is 2.85. The first-order valence-electron chi connectivity index (χ1n) is 4.83. The molecular formula is C10H16N2S. The fourth-order valence-electron chi connectivity index (χ4n) is 1.69. The zero-order valence-electron chi connectivity index (χ0n) is 8.21. The Morgan fingerprint density at radius 3 is 2.92 bits per heavy atom. The zero-order valence-corrected chi connectivity index (χ0v) is 9.03. The molecule has 0 aromatic carbocycles. The van der Waals surface area contributed by atoms with Gasteiger partial charge in [-0.3, -0.25) is 0 Å². The minimum atomic E-state index is 0.106. The lowest BCUT2D eigenvalue weighted by Crippen LogP contribution is -2.37. The molecule has 2 rings (SSSR count).